The van der Waals surface area contributed by atoms with E-state index in [1.165, 1.54) is 64.4 Å². The highest BCUT2D eigenvalue weighted by Gasteiger charge is 2.28. The van der Waals surface area contributed by atoms with Crippen LogP contribution in [0.2, 0.25) is 0 Å². The average Bonchev–Trinajstić information content (AvgIpc) is 2.77. The van der Waals surface area contributed by atoms with Crippen molar-refractivity contribution in [2.24, 2.45) is 10.8 Å². The van der Waals surface area contributed by atoms with Crippen LogP contribution in [0.5, 0.6) is 0 Å². The van der Waals surface area contributed by atoms with E-state index in [1.807, 2.05) is 11.8 Å². The first-order valence-electron chi connectivity index (χ1n) is 13.5. The van der Waals surface area contributed by atoms with Crippen molar-refractivity contribution >= 4 is 57.5 Å². The van der Waals surface area contributed by atoms with Gasteiger partial charge in [0.05, 0.1) is 5.69 Å². The summed E-state index contributed by atoms with van der Waals surface area (Å²) in [6.07, 6.45) is 2.12. The molecule has 3 heteroatoms. The summed E-state index contributed by atoms with van der Waals surface area (Å²) in [5, 5.41) is 8.02. The lowest BCUT2D eigenvalue weighted by Crippen LogP contribution is -2.14. The number of hydrogen-bond acceptors (Lipinski definition) is 2. The monoisotopic (exact) mass is 501 g/mol. The predicted molar refractivity (Wildman–Crippen MR) is 166 cm³/mol. The molecule has 1 aliphatic rings. The number of benzene rings is 4. The molecular formula is C34H36BNS. The van der Waals surface area contributed by atoms with Gasteiger partial charge in [-0.1, -0.05) is 95.3 Å². The van der Waals surface area contributed by atoms with Gasteiger partial charge in [0, 0.05) is 20.7 Å². The smallest absolute Gasteiger partial charge is 0.163 e. The Kier molecular flexibility index (Phi) is 5.55. The Hall–Kier alpha value is -2.78. The summed E-state index contributed by atoms with van der Waals surface area (Å²) >= 11 is 1.96. The molecule has 186 valence electrons. The van der Waals surface area contributed by atoms with Gasteiger partial charge in [-0.3, -0.25) is 4.98 Å². The molecule has 4 aromatic carbocycles. The van der Waals surface area contributed by atoms with Gasteiger partial charge in [0.2, 0.25) is 0 Å². The van der Waals surface area contributed by atoms with Crippen molar-refractivity contribution in [1.29, 1.82) is 0 Å². The maximum Gasteiger partial charge on any atom is 0.163 e. The molecule has 0 fully saturated rings. The molecule has 0 saturated heterocycles. The lowest BCUT2D eigenvalue weighted by molar-refractivity contribution is 0.410. The van der Waals surface area contributed by atoms with Crippen molar-refractivity contribution < 1.29 is 0 Å². The molecule has 0 atom stereocenters. The van der Waals surface area contributed by atoms with Crippen LogP contribution in [0, 0.1) is 17.8 Å². The SMILES string of the molecule is Bc1cc2c3c(cc4cc(CC(C)(C)C)ccc42)Sc2c(cc4cc(C)ccc4c2CC(C)(C)C)-c3n1. The molecule has 0 saturated carbocycles. The first-order chi connectivity index (χ1) is 17.4. The van der Waals surface area contributed by atoms with Crippen LogP contribution in [0.1, 0.15) is 58.2 Å². The summed E-state index contributed by atoms with van der Waals surface area (Å²) in [6.45, 7) is 16.2. The fourth-order valence-electron chi connectivity index (χ4n) is 6.01. The number of hydrogen-bond donors (Lipinski definition) is 0. The van der Waals surface area contributed by atoms with E-state index in [-0.39, 0.29) is 10.8 Å². The van der Waals surface area contributed by atoms with Gasteiger partial charge < -0.3 is 0 Å². The van der Waals surface area contributed by atoms with Crippen LogP contribution in [0.15, 0.2) is 64.4 Å². The van der Waals surface area contributed by atoms with Crippen molar-refractivity contribution in [3.63, 3.8) is 0 Å². The van der Waals surface area contributed by atoms with Gasteiger partial charge in [-0.2, -0.15) is 0 Å². The van der Waals surface area contributed by atoms with E-state index in [1.54, 1.807) is 0 Å². The first-order valence-corrected chi connectivity index (χ1v) is 14.3. The maximum atomic E-state index is 5.20. The second kappa shape index (κ2) is 8.36. The Morgan fingerprint density at radius 3 is 2.19 bits per heavy atom. The first kappa shape index (κ1) is 24.6. The third kappa shape index (κ3) is 4.46. The molecule has 37 heavy (non-hydrogen) atoms. The van der Waals surface area contributed by atoms with Gasteiger partial charge in [0.15, 0.2) is 7.85 Å². The Labute approximate surface area is 226 Å². The third-order valence-electron chi connectivity index (χ3n) is 7.35. The zero-order chi connectivity index (χ0) is 26.3. The maximum absolute atomic E-state index is 5.20. The van der Waals surface area contributed by atoms with Crippen molar-refractivity contribution in [2.75, 3.05) is 0 Å². The molecule has 0 unspecified atom stereocenters. The van der Waals surface area contributed by atoms with Gasteiger partial charge in [0.25, 0.3) is 0 Å². The highest BCUT2D eigenvalue weighted by molar-refractivity contribution is 8.00. The Bertz CT molecular complexity index is 1730. The van der Waals surface area contributed by atoms with E-state index >= 15 is 0 Å². The molecule has 5 aromatic rings. The van der Waals surface area contributed by atoms with Crippen molar-refractivity contribution in [3.05, 3.63) is 71.3 Å². The highest BCUT2D eigenvalue weighted by atomic mass is 32.2. The van der Waals surface area contributed by atoms with E-state index in [0.29, 0.717) is 0 Å². The van der Waals surface area contributed by atoms with Crippen molar-refractivity contribution in [2.45, 2.75) is 71.1 Å². The van der Waals surface area contributed by atoms with Gasteiger partial charge in [0.1, 0.15) is 0 Å². The van der Waals surface area contributed by atoms with Gasteiger partial charge in [-0.05, 0) is 92.4 Å². The van der Waals surface area contributed by atoms with Crippen LogP contribution in [0.3, 0.4) is 0 Å². The van der Waals surface area contributed by atoms with E-state index in [2.05, 4.69) is 111 Å². The van der Waals surface area contributed by atoms with E-state index in [0.717, 1.165) is 24.1 Å². The van der Waals surface area contributed by atoms with Crippen LogP contribution in [-0.2, 0) is 12.8 Å². The quantitative estimate of drug-likeness (QED) is 0.174. The summed E-state index contributed by atoms with van der Waals surface area (Å²) in [7, 11) is 2.14. The number of fused-ring (bicyclic) bond motifs is 5. The zero-order valence-corrected chi connectivity index (χ0v) is 24.3. The van der Waals surface area contributed by atoms with Crippen LogP contribution in [-0.4, -0.2) is 12.8 Å². The molecule has 1 aromatic heterocycles. The molecule has 0 N–H and O–H groups in total. The Morgan fingerprint density at radius 1 is 0.757 bits per heavy atom. The highest BCUT2D eigenvalue weighted by Crippen LogP contribution is 2.52. The third-order valence-corrected chi connectivity index (χ3v) is 8.56. The molecule has 2 heterocycles. The summed E-state index contributed by atoms with van der Waals surface area (Å²) in [5.41, 5.74) is 8.17. The van der Waals surface area contributed by atoms with E-state index < -0.39 is 0 Å². The van der Waals surface area contributed by atoms with Crippen LogP contribution >= 0.6 is 11.8 Å². The summed E-state index contributed by atoms with van der Waals surface area (Å²) < 4.78 is 0. The second-order valence-corrected chi connectivity index (χ2v) is 14.6. The minimum absolute atomic E-state index is 0.189. The number of pyridine rings is 1. The number of rotatable bonds is 2. The normalized spacial score (nSPS) is 13.5. The number of aryl methyl sites for hydroxylation is 1. The van der Waals surface area contributed by atoms with Crippen LogP contribution in [0.4, 0.5) is 0 Å². The molecule has 0 spiro atoms. The molecule has 0 bridgehead atoms. The largest absolute Gasteiger partial charge is 0.263 e. The standard InChI is InChI=1S/C34H36BNS/c1-19-8-10-24-21(12-19)14-26-31-30-25(16-29(35)36-31)23-11-9-20(17-33(2,3)4)13-22(23)15-28(30)37-32(26)27(24)18-34(5,6)7/h8-16H,17-18,35H2,1-7H3. The van der Waals surface area contributed by atoms with Crippen molar-refractivity contribution in [3.8, 4) is 11.3 Å². The molecule has 1 nitrogen and oxygen atoms in total. The Balaban J connectivity index is 1.68. The summed E-state index contributed by atoms with van der Waals surface area (Å²) in [6, 6.07) is 21.1. The minimum Gasteiger partial charge on any atom is -0.263 e. The Morgan fingerprint density at radius 2 is 1.46 bits per heavy atom. The molecular weight excluding hydrogens is 465 g/mol. The van der Waals surface area contributed by atoms with E-state index in [9.17, 15) is 0 Å². The van der Waals surface area contributed by atoms with Gasteiger partial charge in [-0.15, -0.1) is 0 Å². The molecule has 0 amide bonds. The molecule has 1 aliphatic heterocycles. The summed E-state index contributed by atoms with van der Waals surface area (Å²) in [4.78, 5) is 7.93. The van der Waals surface area contributed by atoms with Crippen molar-refractivity contribution in [1.82, 2.24) is 4.98 Å². The minimum atomic E-state index is 0.189. The lowest BCUT2D eigenvalue weighted by atomic mass is 9.84. The molecule has 6 rings (SSSR count). The van der Waals surface area contributed by atoms with Gasteiger partial charge in [-0.25, -0.2) is 0 Å². The summed E-state index contributed by atoms with van der Waals surface area (Å²) in [5.74, 6) is 0. The van der Waals surface area contributed by atoms with Crippen LogP contribution in [0.25, 0.3) is 43.6 Å². The second-order valence-electron chi connectivity index (χ2n) is 13.5. The van der Waals surface area contributed by atoms with E-state index in [4.69, 9.17) is 4.98 Å². The zero-order valence-electron chi connectivity index (χ0n) is 23.5. The fraction of sp³-hybridized carbons (Fsp3) is 0.324. The fourth-order valence-corrected chi connectivity index (χ4v) is 7.30. The topological polar surface area (TPSA) is 12.9 Å². The molecule has 0 radical (unpaired) electrons. The number of nitrogens with zero attached hydrogens (tertiary/aromatic N) is 1. The van der Waals surface area contributed by atoms with Crippen LogP contribution < -0.4 is 5.59 Å². The lowest BCUT2D eigenvalue weighted by Gasteiger charge is -2.28. The number of aromatic nitrogens is 1. The molecule has 0 aliphatic carbocycles. The van der Waals surface area contributed by atoms with Gasteiger partial charge >= 0.3 is 0 Å². The predicted octanol–water partition coefficient (Wildman–Crippen LogP) is 8.42. The average molecular weight is 502 g/mol.